The molecule has 174 valence electrons. The molecule has 0 aliphatic carbocycles. The van der Waals surface area contributed by atoms with Crippen molar-refractivity contribution in [2.24, 2.45) is 0 Å². The molecule has 1 aromatic carbocycles. The summed E-state index contributed by atoms with van der Waals surface area (Å²) in [5, 5.41) is 6.86. The molecule has 10 nitrogen and oxygen atoms in total. The Kier molecular flexibility index (Phi) is 5.91. The largest absolute Gasteiger partial charge is 0.493 e. The van der Waals surface area contributed by atoms with Gasteiger partial charge >= 0.3 is 0 Å². The van der Waals surface area contributed by atoms with E-state index in [-0.39, 0.29) is 0 Å². The van der Waals surface area contributed by atoms with Crippen molar-refractivity contribution in [1.82, 2.24) is 24.8 Å². The summed E-state index contributed by atoms with van der Waals surface area (Å²) in [6.07, 6.45) is 6.91. The number of ether oxygens (including phenoxy) is 3. The molecule has 33 heavy (non-hydrogen) atoms. The van der Waals surface area contributed by atoms with Crippen molar-refractivity contribution < 1.29 is 14.2 Å². The number of hydrogen-bond acceptors (Lipinski definition) is 9. The average molecular weight is 452 g/mol. The van der Waals surface area contributed by atoms with Crippen LogP contribution < -0.4 is 29.7 Å². The van der Waals surface area contributed by atoms with Crippen LogP contribution in [0.2, 0.25) is 0 Å². The lowest BCUT2D eigenvalue weighted by Gasteiger charge is -2.23. The molecule has 2 N–H and O–H groups in total. The first-order chi connectivity index (χ1) is 16.2. The number of methoxy groups -OCH3 is 3. The topological polar surface area (TPSA) is 98.6 Å². The molecule has 2 aliphatic heterocycles. The number of anilines is 3. The van der Waals surface area contributed by atoms with Gasteiger partial charge in [0.15, 0.2) is 11.5 Å². The predicted molar refractivity (Wildman–Crippen MR) is 125 cm³/mol. The normalized spacial score (nSPS) is 15.3. The molecule has 3 aromatic rings. The van der Waals surface area contributed by atoms with Crippen LogP contribution in [0.3, 0.4) is 0 Å². The van der Waals surface area contributed by atoms with Crippen molar-refractivity contribution in [3.63, 3.8) is 0 Å². The molecular weight excluding hydrogens is 422 g/mol. The van der Waals surface area contributed by atoms with E-state index in [4.69, 9.17) is 24.2 Å². The summed E-state index contributed by atoms with van der Waals surface area (Å²) >= 11 is 0. The third kappa shape index (κ3) is 4.13. The maximum absolute atomic E-state index is 5.49. The molecule has 0 bridgehead atoms. The van der Waals surface area contributed by atoms with Crippen molar-refractivity contribution in [2.45, 2.75) is 25.8 Å². The van der Waals surface area contributed by atoms with Crippen LogP contribution in [0.25, 0.3) is 5.69 Å². The van der Waals surface area contributed by atoms with Crippen LogP contribution >= 0.6 is 0 Å². The Morgan fingerprint density at radius 1 is 1.00 bits per heavy atom. The van der Waals surface area contributed by atoms with Crippen molar-refractivity contribution in [1.29, 1.82) is 0 Å². The second-order valence-corrected chi connectivity index (χ2v) is 8.09. The Morgan fingerprint density at radius 2 is 1.76 bits per heavy atom. The van der Waals surface area contributed by atoms with Gasteiger partial charge in [-0.2, -0.15) is 4.98 Å². The minimum atomic E-state index is 0.554. The summed E-state index contributed by atoms with van der Waals surface area (Å²) in [5.74, 6) is 4.05. The Morgan fingerprint density at radius 3 is 2.45 bits per heavy atom. The number of rotatable bonds is 7. The first-order valence-corrected chi connectivity index (χ1v) is 11.2. The van der Waals surface area contributed by atoms with Crippen LogP contribution in [0.1, 0.15) is 24.1 Å². The second-order valence-electron chi connectivity index (χ2n) is 8.09. The number of nitrogens with one attached hydrogen (secondary N) is 2. The molecule has 0 unspecified atom stereocenters. The molecule has 0 radical (unpaired) electrons. The number of fused-ring (bicyclic) bond motifs is 1. The van der Waals surface area contributed by atoms with E-state index in [9.17, 15) is 0 Å². The van der Waals surface area contributed by atoms with E-state index in [0.717, 1.165) is 61.3 Å². The van der Waals surface area contributed by atoms with E-state index in [1.807, 2.05) is 22.9 Å². The quantitative estimate of drug-likeness (QED) is 0.562. The smallest absolute Gasteiger partial charge is 0.227 e. The molecule has 5 rings (SSSR count). The van der Waals surface area contributed by atoms with Crippen molar-refractivity contribution in [3.05, 3.63) is 35.9 Å². The molecule has 0 atom stereocenters. The molecule has 0 amide bonds. The number of benzene rings is 1. The van der Waals surface area contributed by atoms with Gasteiger partial charge in [0.2, 0.25) is 11.7 Å². The Hall–Kier alpha value is -3.53. The van der Waals surface area contributed by atoms with Crippen LogP contribution in [0.5, 0.6) is 17.2 Å². The highest BCUT2D eigenvalue weighted by Gasteiger charge is 2.22. The zero-order valence-electron chi connectivity index (χ0n) is 19.2. The fraction of sp³-hybridized carbons (Fsp3) is 0.435. The minimum absolute atomic E-state index is 0.554. The fourth-order valence-corrected chi connectivity index (χ4v) is 4.37. The maximum atomic E-state index is 5.49. The van der Waals surface area contributed by atoms with Crippen molar-refractivity contribution in [2.75, 3.05) is 51.2 Å². The van der Waals surface area contributed by atoms with E-state index >= 15 is 0 Å². The lowest BCUT2D eigenvalue weighted by molar-refractivity contribution is 0.324. The molecule has 1 saturated heterocycles. The number of nitrogens with zero attached hydrogens (tertiary/aromatic N) is 5. The minimum Gasteiger partial charge on any atom is -0.493 e. The van der Waals surface area contributed by atoms with Gasteiger partial charge in [0.25, 0.3) is 0 Å². The predicted octanol–water partition coefficient (Wildman–Crippen LogP) is 2.68. The SMILES string of the molecule is COc1cc(-n2cnc(Nc3nc(N4CCCC4)nc4c3CCNC4)c2)cc(OC)c1OC. The van der Waals surface area contributed by atoms with Crippen LogP contribution in [0.4, 0.5) is 17.6 Å². The number of hydrogen-bond donors (Lipinski definition) is 2. The van der Waals surface area contributed by atoms with Gasteiger partial charge in [-0.05, 0) is 25.8 Å². The standard InChI is InChI=1S/C23H29N7O3/c1-31-18-10-15(11-19(32-2)21(18)33-3)30-13-20(25-14-30)27-22-16-6-7-24-12-17(16)26-23(28-22)29-8-4-5-9-29/h10-11,13-14,24H,4-9,12H2,1-3H3,(H,26,27,28). The highest BCUT2D eigenvalue weighted by Crippen LogP contribution is 2.39. The lowest BCUT2D eigenvalue weighted by atomic mass is 10.1. The highest BCUT2D eigenvalue weighted by molar-refractivity contribution is 5.62. The highest BCUT2D eigenvalue weighted by atomic mass is 16.5. The summed E-state index contributed by atoms with van der Waals surface area (Å²) in [5.41, 5.74) is 3.06. The van der Waals surface area contributed by atoms with Crippen LogP contribution in [-0.4, -0.2) is 60.5 Å². The summed E-state index contributed by atoms with van der Waals surface area (Å²) in [7, 11) is 4.80. The third-order valence-corrected chi connectivity index (χ3v) is 6.09. The Balaban J connectivity index is 1.46. The summed E-state index contributed by atoms with van der Waals surface area (Å²) in [6.45, 7) is 3.67. The van der Waals surface area contributed by atoms with E-state index in [1.165, 1.54) is 12.8 Å². The van der Waals surface area contributed by atoms with Crippen LogP contribution in [-0.2, 0) is 13.0 Å². The van der Waals surface area contributed by atoms with Crippen molar-refractivity contribution in [3.8, 4) is 22.9 Å². The number of aromatic nitrogens is 4. The molecule has 4 heterocycles. The monoisotopic (exact) mass is 451 g/mol. The third-order valence-electron chi connectivity index (χ3n) is 6.09. The van der Waals surface area contributed by atoms with Gasteiger partial charge in [0.05, 0.1) is 38.9 Å². The molecular formula is C23H29N7O3. The number of imidazole rings is 1. The zero-order chi connectivity index (χ0) is 22.8. The second kappa shape index (κ2) is 9.14. The molecule has 0 spiro atoms. The van der Waals surface area contributed by atoms with Gasteiger partial charge in [0, 0.05) is 37.3 Å². The molecule has 10 heteroatoms. The maximum Gasteiger partial charge on any atom is 0.227 e. The van der Waals surface area contributed by atoms with Gasteiger partial charge in [0.1, 0.15) is 18.0 Å². The average Bonchev–Trinajstić information content (AvgIpc) is 3.56. The molecule has 0 saturated carbocycles. The van der Waals surface area contributed by atoms with Gasteiger partial charge in [-0.1, -0.05) is 0 Å². The van der Waals surface area contributed by atoms with E-state index in [1.54, 1.807) is 27.7 Å². The van der Waals surface area contributed by atoms with Crippen LogP contribution in [0, 0.1) is 0 Å². The first-order valence-electron chi connectivity index (χ1n) is 11.2. The van der Waals surface area contributed by atoms with Gasteiger partial charge in [-0.25, -0.2) is 9.97 Å². The van der Waals surface area contributed by atoms with Crippen LogP contribution in [0.15, 0.2) is 24.7 Å². The van der Waals surface area contributed by atoms with E-state index in [2.05, 4.69) is 20.5 Å². The lowest BCUT2D eigenvalue weighted by Crippen LogP contribution is -2.28. The Labute approximate surface area is 192 Å². The zero-order valence-corrected chi connectivity index (χ0v) is 19.2. The van der Waals surface area contributed by atoms with E-state index < -0.39 is 0 Å². The summed E-state index contributed by atoms with van der Waals surface area (Å²) in [6, 6.07) is 3.77. The van der Waals surface area contributed by atoms with E-state index in [0.29, 0.717) is 23.1 Å². The first kappa shape index (κ1) is 21.3. The van der Waals surface area contributed by atoms with Gasteiger partial charge in [-0.3, -0.25) is 0 Å². The summed E-state index contributed by atoms with van der Waals surface area (Å²) < 4.78 is 18.3. The van der Waals surface area contributed by atoms with Gasteiger partial charge < -0.3 is 34.3 Å². The molecule has 2 aliphatic rings. The van der Waals surface area contributed by atoms with Gasteiger partial charge in [-0.15, -0.1) is 0 Å². The fourth-order valence-electron chi connectivity index (χ4n) is 4.37. The molecule has 2 aromatic heterocycles. The Bertz CT molecular complexity index is 1120. The summed E-state index contributed by atoms with van der Waals surface area (Å²) in [4.78, 5) is 16.6. The molecule has 1 fully saturated rings. The van der Waals surface area contributed by atoms with Crippen molar-refractivity contribution >= 4 is 17.6 Å².